The lowest BCUT2D eigenvalue weighted by molar-refractivity contribution is -0.143. The van der Waals surface area contributed by atoms with Gasteiger partial charge in [-0.3, -0.25) is 14.6 Å². The third kappa shape index (κ3) is 6.75. The first-order valence-electron chi connectivity index (χ1n) is 10.8. The zero-order chi connectivity index (χ0) is 24.4. The van der Waals surface area contributed by atoms with E-state index in [4.69, 9.17) is 9.47 Å². The number of ether oxygens (including phenoxy) is 2. The van der Waals surface area contributed by atoms with Gasteiger partial charge in [0.25, 0.3) is 5.91 Å². The summed E-state index contributed by atoms with van der Waals surface area (Å²) in [6.45, 7) is 6.33. The SMILES string of the molecule is CCOC(=O)CCN(Cc1cccnc1)C(=O)c1ccc(OC)c(S(=O)(=O)N(CC)CC)c1. The van der Waals surface area contributed by atoms with Crippen LogP contribution in [0, 0.1) is 0 Å². The van der Waals surface area contributed by atoms with E-state index in [1.807, 2.05) is 6.07 Å². The van der Waals surface area contributed by atoms with Crippen LogP contribution in [0.15, 0.2) is 47.6 Å². The monoisotopic (exact) mass is 477 g/mol. The lowest BCUT2D eigenvalue weighted by atomic mass is 10.1. The summed E-state index contributed by atoms with van der Waals surface area (Å²) in [7, 11) is -2.48. The van der Waals surface area contributed by atoms with E-state index in [0.717, 1.165) is 5.56 Å². The molecule has 1 aromatic carbocycles. The van der Waals surface area contributed by atoms with Crippen LogP contribution in [0.25, 0.3) is 0 Å². The Bertz CT molecular complexity index is 1040. The maximum atomic E-state index is 13.4. The molecule has 1 amide bonds. The van der Waals surface area contributed by atoms with E-state index in [0.29, 0.717) is 0 Å². The maximum absolute atomic E-state index is 13.4. The van der Waals surface area contributed by atoms with Crippen LogP contribution in [0.4, 0.5) is 0 Å². The minimum absolute atomic E-state index is 0.0145. The van der Waals surface area contributed by atoms with Gasteiger partial charge >= 0.3 is 5.97 Å². The van der Waals surface area contributed by atoms with Gasteiger partial charge in [-0.25, -0.2) is 8.42 Å². The number of sulfonamides is 1. The van der Waals surface area contributed by atoms with Crippen LogP contribution in [0.3, 0.4) is 0 Å². The van der Waals surface area contributed by atoms with E-state index in [1.165, 1.54) is 34.5 Å². The van der Waals surface area contributed by atoms with Crippen molar-refractivity contribution in [2.24, 2.45) is 0 Å². The highest BCUT2D eigenvalue weighted by atomic mass is 32.2. The molecule has 0 unspecified atom stereocenters. The van der Waals surface area contributed by atoms with E-state index >= 15 is 0 Å². The molecule has 0 aliphatic rings. The number of esters is 1. The first-order valence-corrected chi connectivity index (χ1v) is 12.2. The Balaban J connectivity index is 2.42. The molecule has 33 heavy (non-hydrogen) atoms. The van der Waals surface area contributed by atoms with Gasteiger partial charge < -0.3 is 14.4 Å². The number of methoxy groups -OCH3 is 1. The molecule has 0 radical (unpaired) electrons. The number of carbonyl (C=O) groups is 2. The second-order valence-electron chi connectivity index (χ2n) is 7.10. The zero-order valence-corrected chi connectivity index (χ0v) is 20.3. The van der Waals surface area contributed by atoms with Crippen LogP contribution in [0.5, 0.6) is 5.75 Å². The van der Waals surface area contributed by atoms with Crippen LogP contribution in [-0.2, 0) is 26.1 Å². The standard InChI is InChI=1S/C23H31N3O6S/c1-5-26(6-2)33(29,30)21-15-19(10-11-20(21)31-4)23(28)25(14-12-22(27)32-7-3)17-18-9-8-13-24-16-18/h8-11,13,15-16H,5-7,12,14,17H2,1-4H3. The van der Waals surface area contributed by atoms with E-state index < -0.39 is 21.9 Å². The highest BCUT2D eigenvalue weighted by Crippen LogP contribution is 2.28. The molecule has 0 spiro atoms. The average Bonchev–Trinajstić information content (AvgIpc) is 2.82. The van der Waals surface area contributed by atoms with E-state index in [9.17, 15) is 18.0 Å². The van der Waals surface area contributed by atoms with Gasteiger partial charge in [-0.2, -0.15) is 4.31 Å². The Morgan fingerprint density at radius 2 is 1.82 bits per heavy atom. The van der Waals surface area contributed by atoms with Crippen molar-refractivity contribution in [2.45, 2.75) is 38.6 Å². The third-order valence-corrected chi connectivity index (χ3v) is 7.08. The van der Waals surface area contributed by atoms with Crippen LogP contribution in [0.1, 0.15) is 43.1 Å². The highest BCUT2D eigenvalue weighted by molar-refractivity contribution is 7.89. The topological polar surface area (TPSA) is 106 Å². The molecule has 1 heterocycles. The quantitative estimate of drug-likeness (QED) is 0.433. The van der Waals surface area contributed by atoms with Gasteiger partial charge in [0.15, 0.2) is 0 Å². The Morgan fingerprint density at radius 1 is 1.09 bits per heavy atom. The minimum Gasteiger partial charge on any atom is -0.495 e. The van der Waals surface area contributed by atoms with Crippen molar-refractivity contribution in [3.63, 3.8) is 0 Å². The first kappa shape index (κ1) is 26.3. The number of carbonyl (C=O) groups excluding carboxylic acids is 2. The number of pyridine rings is 1. The summed E-state index contributed by atoms with van der Waals surface area (Å²) in [6, 6.07) is 7.89. The zero-order valence-electron chi connectivity index (χ0n) is 19.5. The van der Waals surface area contributed by atoms with Crippen molar-refractivity contribution in [1.29, 1.82) is 0 Å². The summed E-state index contributed by atoms with van der Waals surface area (Å²) in [6.07, 6.45) is 3.28. The predicted octanol–water partition coefficient (Wildman–Crippen LogP) is 2.72. The molecule has 9 nitrogen and oxygen atoms in total. The molecule has 0 saturated carbocycles. The molecule has 0 atom stereocenters. The number of hydrogen-bond acceptors (Lipinski definition) is 7. The average molecular weight is 478 g/mol. The molecular weight excluding hydrogens is 446 g/mol. The van der Waals surface area contributed by atoms with Gasteiger partial charge in [0.05, 0.1) is 20.1 Å². The second kappa shape index (κ2) is 12.3. The van der Waals surface area contributed by atoms with E-state index in [-0.39, 0.29) is 55.4 Å². The summed E-state index contributed by atoms with van der Waals surface area (Å²) in [5, 5.41) is 0. The van der Waals surface area contributed by atoms with Gasteiger partial charge in [0.1, 0.15) is 10.6 Å². The maximum Gasteiger partial charge on any atom is 0.307 e. The van der Waals surface area contributed by atoms with E-state index in [1.54, 1.807) is 39.2 Å². The summed E-state index contributed by atoms with van der Waals surface area (Å²) in [5.41, 5.74) is 0.952. The van der Waals surface area contributed by atoms with Crippen molar-refractivity contribution in [1.82, 2.24) is 14.2 Å². The fraction of sp³-hybridized carbons (Fsp3) is 0.435. The van der Waals surface area contributed by atoms with Crippen molar-refractivity contribution in [3.05, 3.63) is 53.9 Å². The third-order valence-electron chi connectivity index (χ3n) is 5.01. The predicted molar refractivity (Wildman–Crippen MR) is 123 cm³/mol. The second-order valence-corrected chi connectivity index (χ2v) is 9.00. The van der Waals surface area contributed by atoms with Crippen LogP contribution in [-0.4, -0.2) is 67.8 Å². The van der Waals surface area contributed by atoms with Crippen molar-refractivity contribution >= 4 is 21.9 Å². The number of amides is 1. The summed E-state index contributed by atoms with van der Waals surface area (Å²) >= 11 is 0. The first-order chi connectivity index (χ1) is 15.8. The molecule has 180 valence electrons. The number of rotatable bonds is 12. The molecular formula is C23H31N3O6S. The summed E-state index contributed by atoms with van der Waals surface area (Å²) in [5.74, 6) is -0.674. The number of benzene rings is 1. The number of nitrogens with zero attached hydrogens (tertiary/aromatic N) is 3. The number of hydrogen-bond donors (Lipinski definition) is 0. The Hall–Kier alpha value is -2.98. The van der Waals surface area contributed by atoms with Crippen LogP contribution < -0.4 is 4.74 Å². The van der Waals surface area contributed by atoms with Gasteiger partial charge in [-0.05, 0) is 36.8 Å². The molecule has 10 heteroatoms. The van der Waals surface area contributed by atoms with Gasteiger partial charge in [-0.1, -0.05) is 19.9 Å². The molecule has 2 aromatic rings. The van der Waals surface area contributed by atoms with Crippen LogP contribution >= 0.6 is 0 Å². The smallest absolute Gasteiger partial charge is 0.307 e. The molecule has 0 aliphatic heterocycles. The van der Waals surface area contributed by atoms with Crippen molar-refractivity contribution in [2.75, 3.05) is 33.4 Å². The largest absolute Gasteiger partial charge is 0.495 e. The van der Waals surface area contributed by atoms with Gasteiger partial charge in [0, 0.05) is 44.1 Å². The van der Waals surface area contributed by atoms with Crippen LogP contribution in [0.2, 0.25) is 0 Å². The molecule has 2 rings (SSSR count). The molecule has 0 fully saturated rings. The van der Waals surface area contributed by atoms with Crippen molar-refractivity contribution in [3.8, 4) is 5.75 Å². The minimum atomic E-state index is -3.86. The molecule has 0 aliphatic carbocycles. The number of aromatic nitrogens is 1. The van der Waals surface area contributed by atoms with Crippen molar-refractivity contribution < 1.29 is 27.5 Å². The summed E-state index contributed by atoms with van der Waals surface area (Å²) in [4.78, 5) is 30.8. The van der Waals surface area contributed by atoms with E-state index in [2.05, 4.69) is 4.98 Å². The fourth-order valence-electron chi connectivity index (χ4n) is 3.32. The normalized spacial score (nSPS) is 11.3. The Labute approximate surface area is 195 Å². The fourth-order valence-corrected chi connectivity index (χ4v) is 4.96. The van der Waals surface area contributed by atoms with Gasteiger partial charge in [0.2, 0.25) is 10.0 Å². The molecule has 0 N–H and O–H groups in total. The van der Waals surface area contributed by atoms with Gasteiger partial charge in [-0.15, -0.1) is 0 Å². The highest BCUT2D eigenvalue weighted by Gasteiger charge is 2.28. The lowest BCUT2D eigenvalue weighted by Crippen LogP contribution is -2.34. The Kier molecular flexibility index (Phi) is 9.80. The summed E-state index contributed by atoms with van der Waals surface area (Å²) < 4.78 is 37.8. The molecule has 0 bridgehead atoms. The lowest BCUT2D eigenvalue weighted by Gasteiger charge is -2.24. The molecule has 1 aromatic heterocycles. The Morgan fingerprint density at radius 3 is 2.39 bits per heavy atom. The molecule has 0 saturated heterocycles.